The third-order valence-corrected chi connectivity index (χ3v) is 13.5. The van der Waals surface area contributed by atoms with E-state index < -0.39 is 18.1 Å². The van der Waals surface area contributed by atoms with Crippen LogP contribution < -0.4 is 10.6 Å². The molecule has 0 saturated carbocycles. The van der Waals surface area contributed by atoms with E-state index in [0.29, 0.717) is 91.7 Å². The Morgan fingerprint density at radius 2 is 0.795 bits per heavy atom. The van der Waals surface area contributed by atoms with Gasteiger partial charge >= 0.3 is 36.0 Å². The second-order valence-electron chi connectivity index (χ2n) is 21.2. The van der Waals surface area contributed by atoms with Gasteiger partial charge in [-0.25, -0.2) is 4.79 Å². The summed E-state index contributed by atoms with van der Waals surface area (Å²) in [7, 11) is 1.59. The largest absolute Gasteiger partial charge is 0.490 e. The lowest BCUT2D eigenvalue weighted by Crippen LogP contribution is -2.33. The predicted octanol–water partition coefficient (Wildman–Crippen LogP) is 12.2. The van der Waals surface area contributed by atoms with E-state index in [2.05, 4.69) is 31.4 Å². The van der Waals surface area contributed by atoms with Crippen LogP contribution >= 0.6 is 0 Å². The van der Waals surface area contributed by atoms with Crippen molar-refractivity contribution in [2.24, 2.45) is 0 Å². The highest BCUT2D eigenvalue weighted by Gasteiger charge is 2.38. The van der Waals surface area contributed by atoms with Crippen molar-refractivity contribution in [1.82, 2.24) is 15.5 Å². The Bertz CT molecular complexity index is 1500. The molecule has 0 aliphatic heterocycles. The minimum atomic E-state index is -5.08. The number of ether oxygens (including phenoxy) is 8. The van der Waals surface area contributed by atoms with Crippen LogP contribution in [0.4, 0.5) is 13.2 Å². The maximum absolute atomic E-state index is 13.4. The van der Waals surface area contributed by atoms with Gasteiger partial charge in [-0.2, -0.15) is 13.2 Å². The topological polar surface area (TPSA) is 224 Å². The van der Waals surface area contributed by atoms with Crippen LogP contribution in [0.15, 0.2) is 0 Å². The van der Waals surface area contributed by atoms with Gasteiger partial charge in [0.2, 0.25) is 5.91 Å². The van der Waals surface area contributed by atoms with E-state index in [1.807, 2.05) is 4.90 Å². The van der Waals surface area contributed by atoms with Crippen LogP contribution in [0.1, 0.15) is 239 Å². The van der Waals surface area contributed by atoms with Gasteiger partial charge in [-0.1, -0.05) is 162 Å². The Hall–Kier alpha value is -3.63. The molecule has 0 aromatic rings. The van der Waals surface area contributed by atoms with Crippen molar-refractivity contribution in [3.63, 3.8) is 0 Å². The number of hydrogen-bond donors (Lipinski definition) is 3. The molecule has 1 amide bonds. The lowest BCUT2D eigenvalue weighted by molar-refractivity contribution is -0.192. The van der Waals surface area contributed by atoms with Gasteiger partial charge in [0, 0.05) is 46.1 Å². The Kier molecular flexibility index (Phi) is 61.7. The minimum absolute atomic E-state index is 0.00144. The summed E-state index contributed by atoms with van der Waals surface area (Å²) in [5.41, 5.74) is 0. The van der Waals surface area contributed by atoms with E-state index >= 15 is 0 Å². The quantitative estimate of drug-likeness (QED) is 0.0292. The van der Waals surface area contributed by atoms with E-state index in [4.69, 9.17) is 47.8 Å². The zero-order valence-electron chi connectivity index (χ0n) is 52.2. The summed E-state index contributed by atoms with van der Waals surface area (Å²) < 4.78 is 75.2. The van der Waals surface area contributed by atoms with Gasteiger partial charge in [-0.05, 0) is 57.8 Å². The van der Waals surface area contributed by atoms with Gasteiger partial charge in [-0.3, -0.25) is 24.0 Å². The second-order valence-corrected chi connectivity index (χ2v) is 21.2. The van der Waals surface area contributed by atoms with Gasteiger partial charge in [0.1, 0.15) is 19.3 Å². The summed E-state index contributed by atoms with van der Waals surface area (Å²) in [6, 6.07) is 0. The Morgan fingerprint density at radius 3 is 1.27 bits per heavy atom. The number of carboxylic acids is 1. The normalized spacial score (nSPS) is 11.3. The predicted molar refractivity (Wildman–Crippen MR) is 317 cm³/mol. The Morgan fingerprint density at radius 1 is 0.422 bits per heavy atom. The number of carbonyl (C=O) groups is 6. The van der Waals surface area contributed by atoms with E-state index in [0.717, 1.165) is 103 Å². The molecule has 83 heavy (non-hydrogen) atoms. The van der Waals surface area contributed by atoms with Crippen molar-refractivity contribution in [1.29, 1.82) is 0 Å². The molecule has 0 aliphatic carbocycles. The molecule has 0 rings (SSSR count). The number of amides is 1. The highest BCUT2D eigenvalue weighted by atomic mass is 19.4. The van der Waals surface area contributed by atoms with Gasteiger partial charge in [-0.15, -0.1) is 0 Å². The first kappa shape index (κ1) is 81.4. The first-order valence-electron chi connectivity index (χ1n) is 32.1. The number of rotatable bonds is 61. The minimum Gasteiger partial charge on any atom is -0.475 e. The van der Waals surface area contributed by atoms with Crippen LogP contribution in [0.25, 0.3) is 0 Å². The molecule has 21 heteroatoms. The number of nitrogens with one attached hydrogen (secondary N) is 2. The molecule has 18 nitrogen and oxygen atoms in total. The molecule has 0 saturated heterocycles. The number of aliphatic carboxylic acids is 1. The highest BCUT2D eigenvalue weighted by molar-refractivity contribution is 5.76. The fourth-order valence-corrected chi connectivity index (χ4v) is 8.66. The van der Waals surface area contributed by atoms with Crippen molar-refractivity contribution >= 4 is 35.8 Å². The van der Waals surface area contributed by atoms with Gasteiger partial charge < -0.3 is 58.5 Å². The van der Waals surface area contributed by atoms with Crippen LogP contribution in [0.3, 0.4) is 0 Å². The average Bonchev–Trinajstić information content (AvgIpc) is 3.45. The fraction of sp³-hybridized carbons (Fsp3) is 0.903. The monoisotopic (exact) mass is 1200 g/mol. The molecule has 0 aliphatic rings. The first-order valence-corrected chi connectivity index (χ1v) is 32.1. The first-order chi connectivity index (χ1) is 40.2. The SMILES string of the molecule is CCCCCCCCCOC(=O)CCCCCCCN(CCCCCCCC(=O)OC(CCCCCCCC)CCCCCCCC)C(=O)CCOCCOCCOCCOC(=O)CNCCOC(=O)CNCCOC.O=C(O)C(F)(F)F. The lowest BCUT2D eigenvalue weighted by atomic mass is 10.0. The third-order valence-electron chi connectivity index (χ3n) is 13.5. The highest BCUT2D eigenvalue weighted by Crippen LogP contribution is 2.19. The maximum atomic E-state index is 13.4. The molecular weight excluding hydrogens is 1080 g/mol. The summed E-state index contributed by atoms with van der Waals surface area (Å²) in [5, 5.41) is 12.9. The van der Waals surface area contributed by atoms with Crippen molar-refractivity contribution in [3.8, 4) is 0 Å². The Balaban J connectivity index is 0. The van der Waals surface area contributed by atoms with Crippen LogP contribution in [0, 0.1) is 0 Å². The zero-order valence-corrected chi connectivity index (χ0v) is 52.2. The number of carboxylic acid groups (broad SMARTS) is 1. The second kappa shape index (κ2) is 62.9. The summed E-state index contributed by atoms with van der Waals surface area (Å²) in [6.45, 7) is 12.4. The number of halogens is 3. The summed E-state index contributed by atoms with van der Waals surface area (Å²) >= 11 is 0. The third kappa shape index (κ3) is 62.7. The number of carbonyl (C=O) groups excluding carboxylic acids is 5. The van der Waals surface area contributed by atoms with Crippen LogP contribution in [-0.2, 0) is 66.7 Å². The van der Waals surface area contributed by atoms with Crippen LogP contribution in [-0.4, -0.2) is 170 Å². The standard InChI is InChI=1S/C60H115N3O13.C2HF3O2/c1-5-8-11-14-17-26-33-43-73-57(65)36-29-22-18-24-31-41-63(42-32-25-19-23-30-37-58(66)76-55(34-27-20-15-12-9-6-2)35-28-21-16-13-10-7-3)56(64)38-44-70-47-48-71-49-50-72-51-52-75-60(68)54-62-40-46-74-59(67)53-61-39-45-69-4;3-2(4,5)1(6)7/h55,61-62H,5-54H2,1-4H3;(H,6,7). The molecule has 0 atom stereocenters. The van der Waals surface area contributed by atoms with E-state index in [1.54, 1.807) is 7.11 Å². The molecule has 0 fully saturated rings. The van der Waals surface area contributed by atoms with Crippen LogP contribution in [0.5, 0.6) is 0 Å². The molecule has 0 heterocycles. The van der Waals surface area contributed by atoms with Crippen molar-refractivity contribution in [2.75, 3.05) is 112 Å². The van der Waals surface area contributed by atoms with Crippen LogP contribution in [0.2, 0.25) is 0 Å². The smallest absolute Gasteiger partial charge is 0.475 e. The Labute approximate surface area is 498 Å². The molecular formula is C62H116F3N3O15. The zero-order chi connectivity index (χ0) is 61.5. The summed E-state index contributed by atoms with van der Waals surface area (Å²) in [4.78, 5) is 73.0. The van der Waals surface area contributed by atoms with Crippen molar-refractivity contribution < 1.29 is 84.9 Å². The van der Waals surface area contributed by atoms with E-state index in [-0.39, 0.29) is 62.8 Å². The van der Waals surface area contributed by atoms with Crippen molar-refractivity contribution in [2.45, 2.75) is 251 Å². The molecule has 0 bridgehead atoms. The van der Waals surface area contributed by atoms with Gasteiger partial charge in [0.25, 0.3) is 0 Å². The molecule has 0 spiro atoms. The molecule has 490 valence electrons. The number of methoxy groups -OCH3 is 1. The number of alkyl halides is 3. The van der Waals surface area contributed by atoms with E-state index in [9.17, 15) is 37.1 Å². The molecule has 0 radical (unpaired) electrons. The summed E-state index contributed by atoms with van der Waals surface area (Å²) in [6.07, 6.45) is 31.1. The molecule has 0 aromatic carbocycles. The maximum Gasteiger partial charge on any atom is 0.490 e. The number of hydrogen-bond acceptors (Lipinski definition) is 16. The van der Waals surface area contributed by atoms with E-state index in [1.165, 1.54) is 96.3 Å². The average molecular weight is 1200 g/mol. The molecule has 3 N–H and O–H groups in total. The number of esters is 4. The lowest BCUT2D eigenvalue weighted by Gasteiger charge is -2.23. The number of nitrogens with zero attached hydrogens (tertiary/aromatic N) is 1. The summed E-state index contributed by atoms with van der Waals surface area (Å²) in [5.74, 6) is -3.60. The van der Waals surface area contributed by atoms with Crippen molar-refractivity contribution in [3.05, 3.63) is 0 Å². The molecule has 0 unspecified atom stereocenters. The fourth-order valence-electron chi connectivity index (χ4n) is 8.66. The molecule has 0 aromatic heterocycles. The van der Waals surface area contributed by atoms with Gasteiger partial charge in [0.05, 0.1) is 72.4 Å². The van der Waals surface area contributed by atoms with Gasteiger partial charge in [0.15, 0.2) is 0 Å². The number of unbranched alkanes of at least 4 members (excludes halogenated alkanes) is 24.